The number of rotatable bonds is 5. The van der Waals surface area contributed by atoms with Gasteiger partial charge in [-0.05, 0) is 18.9 Å². The van der Waals surface area contributed by atoms with Gasteiger partial charge in [-0.25, -0.2) is 8.42 Å². The summed E-state index contributed by atoms with van der Waals surface area (Å²) in [6.45, 7) is 3.14. The summed E-state index contributed by atoms with van der Waals surface area (Å²) in [4.78, 5) is 13.6. The highest BCUT2D eigenvalue weighted by Crippen LogP contribution is 2.21. The maximum Gasteiger partial charge on any atom is 0.232 e. The second-order valence-electron chi connectivity index (χ2n) is 5.35. The molecule has 1 aromatic carbocycles. The number of hydrogen-bond donors (Lipinski definition) is 0. The van der Waals surface area contributed by atoms with E-state index in [1.807, 2.05) is 19.1 Å². The zero-order valence-electron chi connectivity index (χ0n) is 11.4. The summed E-state index contributed by atoms with van der Waals surface area (Å²) in [7, 11) is 1.71. The number of likely N-dealkylation sites (tertiary alicyclic amines) is 1. The van der Waals surface area contributed by atoms with Crippen LogP contribution in [-0.4, -0.2) is 38.1 Å². The van der Waals surface area contributed by atoms with Crippen molar-refractivity contribution < 1.29 is 13.2 Å². The fourth-order valence-corrected chi connectivity index (χ4v) is 3.80. The van der Waals surface area contributed by atoms with Crippen molar-refractivity contribution in [2.75, 3.05) is 18.8 Å². The van der Waals surface area contributed by atoms with Crippen molar-refractivity contribution in [3.05, 3.63) is 35.4 Å². The molecular weight excluding hydrogens is 298 g/mol. The van der Waals surface area contributed by atoms with Gasteiger partial charge in [-0.3, -0.25) is 4.79 Å². The number of hydrogen-bond acceptors (Lipinski definition) is 3. The van der Waals surface area contributed by atoms with Gasteiger partial charge in [0.05, 0.1) is 5.75 Å². The molecule has 1 saturated heterocycles. The Bertz CT molecular complexity index is 583. The first-order valence-corrected chi connectivity index (χ1v) is 9.07. The normalized spacial score (nSPS) is 19.6. The maximum atomic E-state index is 11.8. The zero-order chi connectivity index (χ0) is 14.8. The lowest BCUT2D eigenvalue weighted by atomic mass is 10.1. The first kappa shape index (κ1) is 15.3. The van der Waals surface area contributed by atoms with E-state index in [1.54, 1.807) is 4.90 Å². The predicted octanol–water partition coefficient (Wildman–Crippen LogP) is 1.95. The van der Waals surface area contributed by atoms with Crippen molar-refractivity contribution in [1.29, 1.82) is 0 Å². The monoisotopic (exact) mass is 315 g/mol. The molecule has 1 aliphatic heterocycles. The molecule has 4 nitrogen and oxygen atoms in total. The van der Waals surface area contributed by atoms with Gasteiger partial charge in [-0.1, -0.05) is 29.8 Å². The zero-order valence-corrected chi connectivity index (χ0v) is 13.0. The highest BCUT2D eigenvalue weighted by Gasteiger charge is 2.31. The third-order valence-electron chi connectivity index (χ3n) is 3.52. The van der Waals surface area contributed by atoms with Crippen LogP contribution in [0.5, 0.6) is 0 Å². The fourth-order valence-electron chi connectivity index (χ4n) is 2.48. The average Bonchev–Trinajstić information content (AvgIpc) is 2.66. The Morgan fingerprint density at radius 1 is 1.30 bits per heavy atom. The largest absolute Gasteiger partial charge is 0.342 e. The van der Waals surface area contributed by atoms with E-state index in [2.05, 4.69) is 12.1 Å². The summed E-state index contributed by atoms with van der Waals surface area (Å²) in [6, 6.07) is 8.20. The van der Waals surface area contributed by atoms with Gasteiger partial charge in [0.25, 0.3) is 0 Å². The molecule has 2 rings (SSSR count). The minimum atomic E-state index is -3.53. The summed E-state index contributed by atoms with van der Waals surface area (Å²) in [5.74, 6) is -0.285. The molecule has 0 bridgehead atoms. The standard InChI is InChI=1S/C14H18ClNO3S/c1-11-2-4-12(5-3-11)6-7-16-9-13(8-14(16)17)10-20(15,18)19/h2-5,13H,6-10H2,1H3. The molecule has 1 fully saturated rings. The Hall–Kier alpha value is -1.07. The SMILES string of the molecule is Cc1ccc(CCN2CC(CS(=O)(=O)Cl)CC2=O)cc1. The van der Waals surface area contributed by atoms with E-state index in [1.165, 1.54) is 11.1 Å². The lowest BCUT2D eigenvalue weighted by Crippen LogP contribution is -2.28. The summed E-state index contributed by atoms with van der Waals surface area (Å²) in [5.41, 5.74) is 2.38. The molecule has 20 heavy (non-hydrogen) atoms. The molecule has 6 heteroatoms. The van der Waals surface area contributed by atoms with Crippen LogP contribution in [0.4, 0.5) is 0 Å². The maximum absolute atomic E-state index is 11.8. The van der Waals surface area contributed by atoms with Crippen LogP contribution in [0.2, 0.25) is 0 Å². The number of amides is 1. The molecule has 1 heterocycles. The first-order chi connectivity index (χ1) is 9.33. The van der Waals surface area contributed by atoms with E-state index < -0.39 is 9.05 Å². The van der Waals surface area contributed by atoms with Crippen LogP contribution >= 0.6 is 10.7 Å². The van der Waals surface area contributed by atoms with Crippen molar-refractivity contribution in [2.24, 2.45) is 5.92 Å². The highest BCUT2D eigenvalue weighted by molar-refractivity contribution is 8.13. The van der Waals surface area contributed by atoms with E-state index in [0.29, 0.717) is 13.1 Å². The van der Waals surface area contributed by atoms with Gasteiger partial charge >= 0.3 is 0 Å². The molecule has 1 aromatic rings. The second-order valence-corrected chi connectivity index (χ2v) is 8.17. The van der Waals surface area contributed by atoms with Crippen LogP contribution in [0.3, 0.4) is 0 Å². The lowest BCUT2D eigenvalue weighted by Gasteiger charge is -2.16. The lowest BCUT2D eigenvalue weighted by molar-refractivity contribution is -0.127. The van der Waals surface area contributed by atoms with Crippen molar-refractivity contribution in [3.8, 4) is 0 Å². The Morgan fingerprint density at radius 2 is 1.95 bits per heavy atom. The molecule has 0 spiro atoms. The number of carbonyl (C=O) groups excluding carboxylic acids is 1. The quantitative estimate of drug-likeness (QED) is 0.780. The van der Waals surface area contributed by atoms with E-state index >= 15 is 0 Å². The molecule has 0 aromatic heterocycles. The molecular formula is C14H18ClNO3S. The highest BCUT2D eigenvalue weighted by atomic mass is 35.7. The molecule has 0 saturated carbocycles. The van der Waals surface area contributed by atoms with Gasteiger partial charge in [-0.15, -0.1) is 0 Å². The van der Waals surface area contributed by atoms with E-state index in [9.17, 15) is 13.2 Å². The number of halogens is 1. The summed E-state index contributed by atoms with van der Waals surface area (Å²) >= 11 is 0. The van der Waals surface area contributed by atoms with Gasteiger partial charge in [0.2, 0.25) is 15.0 Å². The van der Waals surface area contributed by atoms with Gasteiger partial charge in [0.1, 0.15) is 0 Å². The van der Waals surface area contributed by atoms with Crippen LogP contribution in [-0.2, 0) is 20.3 Å². The number of benzene rings is 1. The summed E-state index contributed by atoms with van der Waals surface area (Å²) in [6.07, 6.45) is 1.06. The average molecular weight is 316 g/mol. The molecule has 1 atom stereocenters. The third-order valence-corrected chi connectivity index (χ3v) is 4.77. The van der Waals surface area contributed by atoms with Crippen LogP contribution in [0.15, 0.2) is 24.3 Å². The Kier molecular flexibility index (Phi) is 4.70. The van der Waals surface area contributed by atoms with Crippen LogP contribution in [0, 0.1) is 12.8 Å². The van der Waals surface area contributed by atoms with Crippen molar-refractivity contribution in [1.82, 2.24) is 4.90 Å². The minimum absolute atomic E-state index is 0.0161. The van der Waals surface area contributed by atoms with Crippen LogP contribution < -0.4 is 0 Å². The van der Waals surface area contributed by atoms with E-state index in [4.69, 9.17) is 10.7 Å². The van der Waals surface area contributed by atoms with Crippen molar-refractivity contribution >= 4 is 25.6 Å². The van der Waals surface area contributed by atoms with Gasteiger partial charge in [-0.2, -0.15) is 0 Å². The second kappa shape index (κ2) is 6.14. The molecule has 1 aliphatic rings. The van der Waals surface area contributed by atoms with Crippen molar-refractivity contribution in [2.45, 2.75) is 19.8 Å². The molecule has 1 amide bonds. The molecule has 0 radical (unpaired) electrons. The number of aryl methyl sites for hydroxylation is 1. The number of nitrogens with zero attached hydrogens (tertiary/aromatic N) is 1. The molecule has 110 valence electrons. The number of carbonyl (C=O) groups is 1. The summed E-state index contributed by atoms with van der Waals surface area (Å²) < 4.78 is 22.1. The van der Waals surface area contributed by atoms with Crippen molar-refractivity contribution in [3.63, 3.8) is 0 Å². The van der Waals surface area contributed by atoms with Gasteiger partial charge in [0, 0.05) is 36.1 Å². The molecule has 0 N–H and O–H groups in total. The van der Waals surface area contributed by atoms with Crippen LogP contribution in [0.25, 0.3) is 0 Å². The minimum Gasteiger partial charge on any atom is -0.342 e. The Balaban J connectivity index is 1.87. The van der Waals surface area contributed by atoms with E-state index in [-0.39, 0.29) is 24.0 Å². The third kappa shape index (κ3) is 4.49. The predicted molar refractivity (Wildman–Crippen MR) is 79.2 cm³/mol. The van der Waals surface area contributed by atoms with Gasteiger partial charge < -0.3 is 4.90 Å². The smallest absolute Gasteiger partial charge is 0.232 e. The Morgan fingerprint density at radius 3 is 2.55 bits per heavy atom. The Labute approximate surface area is 124 Å². The fraction of sp³-hybridized carbons (Fsp3) is 0.500. The topological polar surface area (TPSA) is 54.5 Å². The van der Waals surface area contributed by atoms with Crippen LogP contribution in [0.1, 0.15) is 17.5 Å². The molecule has 0 aliphatic carbocycles. The van der Waals surface area contributed by atoms with E-state index in [0.717, 1.165) is 6.42 Å². The summed E-state index contributed by atoms with van der Waals surface area (Å²) in [5, 5.41) is 0. The van der Waals surface area contributed by atoms with Gasteiger partial charge in [0.15, 0.2) is 0 Å². The first-order valence-electron chi connectivity index (χ1n) is 6.59. The molecule has 1 unspecified atom stereocenters.